The number of sulfonamides is 1. The third kappa shape index (κ3) is 5.41. The summed E-state index contributed by atoms with van der Waals surface area (Å²) < 4.78 is 45.8. The summed E-state index contributed by atoms with van der Waals surface area (Å²) in [5.74, 6) is 0.00186. The van der Waals surface area contributed by atoms with E-state index in [0.717, 1.165) is 34.7 Å². The van der Waals surface area contributed by atoms with Gasteiger partial charge in [-0.3, -0.25) is 9.10 Å². The molecule has 0 saturated heterocycles. The number of hydrogen-bond donors (Lipinski definition) is 1. The van der Waals surface area contributed by atoms with Crippen LogP contribution < -0.4 is 14.4 Å². The summed E-state index contributed by atoms with van der Waals surface area (Å²) in [5.41, 5.74) is 0.608. The van der Waals surface area contributed by atoms with E-state index in [1.165, 1.54) is 18.2 Å². The molecule has 1 amide bonds. The zero-order valence-electron chi connectivity index (χ0n) is 18.8. The van der Waals surface area contributed by atoms with Gasteiger partial charge in [-0.25, -0.2) is 12.8 Å². The highest BCUT2D eigenvalue weighted by molar-refractivity contribution is 7.92. The van der Waals surface area contributed by atoms with Gasteiger partial charge in [0, 0.05) is 24.9 Å². The molecule has 0 unspecified atom stereocenters. The van der Waals surface area contributed by atoms with Crippen molar-refractivity contribution in [3.8, 4) is 5.75 Å². The number of halogens is 1. The molecule has 1 heterocycles. The number of carbonyl (C=O) groups is 1. The number of nitrogens with zero attached hydrogens (tertiary/aromatic N) is 1. The normalized spacial score (nSPS) is 17.2. The molecular formula is C24H31FN2O4S. The second-order valence-electron chi connectivity index (χ2n) is 8.24. The van der Waals surface area contributed by atoms with Gasteiger partial charge in [-0.05, 0) is 37.5 Å². The Kier molecular flexibility index (Phi) is 7.44. The van der Waals surface area contributed by atoms with Crippen LogP contribution in [0.1, 0.15) is 57.6 Å². The number of rotatable bonds is 9. The molecule has 0 saturated carbocycles. The van der Waals surface area contributed by atoms with Gasteiger partial charge in [-0.1, -0.05) is 44.2 Å². The standard InChI is InChI=1S/C24H31FN2O4S/c1-4-24(5-2)17-20(18-11-6-9-14-22(18)31-24)26-23(28)15-10-16-27(32(3,29)30)21-13-8-7-12-19(21)25/h6-9,11-14,20H,4-5,10,15-17H2,1-3H3,(H,26,28)/t20-/m0/s1. The lowest BCUT2D eigenvalue weighted by Crippen LogP contribution is -2.44. The van der Waals surface area contributed by atoms with Crippen LogP contribution in [-0.4, -0.2) is 32.7 Å². The van der Waals surface area contributed by atoms with Crippen molar-refractivity contribution in [3.63, 3.8) is 0 Å². The molecule has 2 aromatic carbocycles. The van der Waals surface area contributed by atoms with Gasteiger partial charge in [0.15, 0.2) is 0 Å². The van der Waals surface area contributed by atoms with E-state index >= 15 is 0 Å². The summed E-state index contributed by atoms with van der Waals surface area (Å²) in [5, 5.41) is 3.10. The van der Waals surface area contributed by atoms with Gasteiger partial charge in [-0.2, -0.15) is 0 Å². The Morgan fingerprint density at radius 1 is 1.16 bits per heavy atom. The van der Waals surface area contributed by atoms with Crippen LogP contribution in [-0.2, 0) is 14.8 Å². The minimum Gasteiger partial charge on any atom is -0.487 e. The molecule has 3 rings (SSSR count). The molecule has 2 aromatic rings. The van der Waals surface area contributed by atoms with E-state index in [2.05, 4.69) is 19.2 Å². The van der Waals surface area contributed by atoms with Gasteiger partial charge >= 0.3 is 0 Å². The Hall–Kier alpha value is -2.61. The lowest BCUT2D eigenvalue weighted by atomic mass is 9.83. The highest BCUT2D eigenvalue weighted by Crippen LogP contribution is 2.42. The monoisotopic (exact) mass is 462 g/mol. The molecule has 0 bridgehead atoms. The van der Waals surface area contributed by atoms with Crippen molar-refractivity contribution in [2.45, 2.75) is 57.6 Å². The lowest BCUT2D eigenvalue weighted by molar-refractivity contribution is -0.122. The van der Waals surface area contributed by atoms with Crippen molar-refractivity contribution >= 4 is 21.6 Å². The van der Waals surface area contributed by atoms with Crippen molar-refractivity contribution in [1.82, 2.24) is 5.32 Å². The molecule has 8 heteroatoms. The van der Waals surface area contributed by atoms with E-state index in [9.17, 15) is 17.6 Å². The van der Waals surface area contributed by atoms with Crippen LogP contribution in [0.5, 0.6) is 5.75 Å². The zero-order valence-corrected chi connectivity index (χ0v) is 19.6. The van der Waals surface area contributed by atoms with Crippen LogP contribution in [0.3, 0.4) is 0 Å². The molecule has 0 fully saturated rings. The average molecular weight is 463 g/mol. The number of benzene rings is 2. The van der Waals surface area contributed by atoms with Crippen LogP contribution in [0.15, 0.2) is 48.5 Å². The van der Waals surface area contributed by atoms with E-state index in [0.29, 0.717) is 6.42 Å². The third-order valence-electron chi connectivity index (χ3n) is 6.11. The van der Waals surface area contributed by atoms with Gasteiger partial charge in [0.1, 0.15) is 17.2 Å². The smallest absolute Gasteiger partial charge is 0.232 e. The molecule has 1 N–H and O–H groups in total. The maximum atomic E-state index is 14.1. The van der Waals surface area contributed by atoms with Crippen molar-refractivity contribution in [1.29, 1.82) is 0 Å². The minimum atomic E-state index is -3.68. The number of para-hydroxylation sites is 2. The Morgan fingerprint density at radius 2 is 1.81 bits per heavy atom. The Bertz CT molecular complexity index is 1050. The van der Waals surface area contributed by atoms with Crippen LogP contribution in [0.25, 0.3) is 0 Å². The predicted molar refractivity (Wildman–Crippen MR) is 124 cm³/mol. The third-order valence-corrected chi connectivity index (χ3v) is 7.29. The number of nitrogens with one attached hydrogen (secondary N) is 1. The summed E-state index contributed by atoms with van der Waals surface area (Å²) in [6.45, 7) is 4.18. The van der Waals surface area contributed by atoms with Gasteiger partial charge in [0.25, 0.3) is 0 Å². The molecule has 0 radical (unpaired) electrons. The molecule has 32 heavy (non-hydrogen) atoms. The topological polar surface area (TPSA) is 75.7 Å². The van der Waals surface area contributed by atoms with Crippen LogP contribution in [0.4, 0.5) is 10.1 Å². The van der Waals surface area contributed by atoms with Crippen molar-refractivity contribution < 1.29 is 22.3 Å². The Labute approximate surface area is 189 Å². The fraction of sp³-hybridized carbons (Fsp3) is 0.458. The summed E-state index contributed by atoms with van der Waals surface area (Å²) >= 11 is 0. The first-order valence-corrected chi connectivity index (χ1v) is 12.8. The van der Waals surface area contributed by atoms with Crippen LogP contribution in [0, 0.1) is 5.82 Å². The number of ether oxygens (including phenoxy) is 1. The number of carbonyl (C=O) groups excluding carboxylic acids is 1. The quantitative estimate of drug-likeness (QED) is 0.592. The van der Waals surface area contributed by atoms with Crippen molar-refractivity contribution in [2.75, 3.05) is 17.1 Å². The Balaban J connectivity index is 1.67. The van der Waals surface area contributed by atoms with Crippen molar-refractivity contribution in [3.05, 3.63) is 59.9 Å². The van der Waals surface area contributed by atoms with E-state index in [1.54, 1.807) is 6.07 Å². The van der Waals surface area contributed by atoms with Gasteiger partial charge in [0.2, 0.25) is 15.9 Å². The predicted octanol–water partition coefficient (Wildman–Crippen LogP) is 4.57. The fourth-order valence-electron chi connectivity index (χ4n) is 4.20. The van der Waals surface area contributed by atoms with E-state index in [-0.39, 0.29) is 42.6 Å². The molecule has 0 aromatic heterocycles. The maximum Gasteiger partial charge on any atom is 0.232 e. The second-order valence-corrected chi connectivity index (χ2v) is 10.2. The van der Waals surface area contributed by atoms with Crippen molar-refractivity contribution in [2.24, 2.45) is 0 Å². The second kappa shape index (κ2) is 9.90. The molecule has 6 nitrogen and oxygen atoms in total. The molecular weight excluding hydrogens is 431 g/mol. The largest absolute Gasteiger partial charge is 0.487 e. The molecule has 1 aliphatic rings. The first-order valence-electron chi connectivity index (χ1n) is 11.0. The molecule has 1 atom stereocenters. The fourth-order valence-corrected chi connectivity index (χ4v) is 5.16. The maximum absolute atomic E-state index is 14.1. The molecule has 1 aliphatic heterocycles. The molecule has 0 aliphatic carbocycles. The summed E-state index contributed by atoms with van der Waals surface area (Å²) in [7, 11) is -3.68. The van der Waals surface area contributed by atoms with Gasteiger partial charge in [-0.15, -0.1) is 0 Å². The molecule has 0 spiro atoms. The Morgan fingerprint density at radius 3 is 2.47 bits per heavy atom. The first kappa shape index (κ1) is 24.0. The summed E-state index contributed by atoms with van der Waals surface area (Å²) in [4.78, 5) is 12.7. The summed E-state index contributed by atoms with van der Waals surface area (Å²) in [6, 6.07) is 13.3. The SMILES string of the molecule is CCC1(CC)C[C@H](NC(=O)CCCN(c2ccccc2F)S(C)(=O)=O)c2ccccc2O1. The molecule has 174 valence electrons. The minimum absolute atomic E-state index is 0.00978. The van der Waals surface area contributed by atoms with Crippen LogP contribution >= 0.6 is 0 Å². The summed E-state index contributed by atoms with van der Waals surface area (Å²) in [6.07, 6.45) is 3.77. The number of anilines is 1. The average Bonchev–Trinajstić information content (AvgIpc) is 2.76. The highest BCUT2D eigenvalue weighted by Gasteiger charge is 2.38. The van der Waals surface area contributed by atoms with E-state index in [4.69, 9.17) is 4.74 Å². The van der Waals surface area contributed by atoms with Gasteiger partial charge < -0.3 is 10.1 Å². The first-order chi connectivity index (χ1) is 15.2. The number of fused-ring (bicyclic) bond motifs is 1. The number of hydrogen-bond acceptors (Lipinski definition) is 4. The zero-order chi connectivity index (χ0) is 23.4. The number of amides is 1. The van der Waals surface area contributed by atoms with E-state index in [1.807, 2.05) is 24.3 Å². The lowest BCUT2D eigenvalue weighted by Gasteiger charge is -2.41. The van der Waals surface area contributed by atoms with E-state index < -0.39 is 15.8 Å². The van der Waals surface area contributed by atoms with Crippen LogP contribution in [0.2, 0.25) is 0 Å². The highest BCUT2D eigenvalue weighted by atomic mass is 32.2. The van der Waals surface area contributed by atoms with Gasteiger partial charge in [0.05, 0.1) is 18.0 Å².